The molecule has 0 saturated heterocycles. The smallest absolute Gasteiger partial charge is 0.338 e. The van der Waals surface area contributed by atoms with Crippen LogP contribution in [0.2, 0.25) is 0 Å². The first-order valence-electron chi connectivity index (χ1n) is 8.45. The summed E-state index contributed by atoms with van der Waals surface area (Å²) in [5.41, 5.74) is 1.07. The molecule has 7 heteroatoms. The van der Waals surface area contributed by atoms with Crippen LogP contribution in [0, 0.1) is 6.92 Å². The van der Waals surface area contributed by atoms with Gasteiger partial charge >= 0.3 is 5.97 Å². The van der Waals surface area contributed by atoms with E-state index in [-0.39, 0.29) is 11.9 Å². The third kappa shape index (κ3) is 4.23. The zero-order valence-electron chi connectivity index (χ0n) is 14.3. The average molecular weight is 343 g/mol. The number of nitrogens with zero attached hydrogens (tertiary/aromatic N) is 2. The Bertz CT molecular complexity index is 748. The van der Waals surface area contributed by atoms with Crippen molar-refractivity contribution in [1.82, 2.24) is 15.5 Å². The van der Waals surface area contributed by atoms with Gasteiger partial charge in [0, 0.05) is 11.6 Å². The van der Waals surface area contributed by atoms with Crippen molar-refractivity contribution in [2.45, 2.75) is 51.7 Å². The second-order valence-corrected chi connectivity index (χ2v) is 6.26. The first kappa shape index (κ1) is 17.1. The lowest BCUT2D eigenvalue weighted by atomic mass is 10.1. The fourth-order valence-electron chi connectivity index (χ4n) is 2.83. The molecule has 0 aliphatic heterocycles. The molecule has 25 heavy (non-hydrogen) atoms. The van der Waals surface area contributed by atoms with E-state index in [2.05, 4.69) is 15.5 Å². The van der Waals surface area contributed by atoms with Crippen molar-refractivity contribution in [2.75, 3.05) is 0 Å². The number of aryl methyl sites for hydroxylation is 1. The van der Waals surface area contributed by atoms with Crippen LogP contribution in [-0.2, 0) is 9.53 Å². The Morgan fingerprint density at radius 2 is 1.92 bits per heavy atom. The van der Waals surface area contributed by atoms with Gasteiger partial charge in [0.25, 0.3) is 11.8 Å². The van der Waals surface area contributed by atoms with Crippen molar-refractivity contribution in [2.24, 2.45) is 0 Å². The number of amides is 1. The first-order valence-corrected chi connectivity index (χ1v) is 8.45. The molecule has 1 aliphatic carbocycles. The fraction of sp³-hybridized carbons (Fsp3) is 0.444. The largest absolute Gasteiger partial charge is 0.449 e. The van der Waals surface area contributed by atoms with Crippen LogP contribution in [0.15, 0.2) is 28.8 Å². The van der Waals surface area contributed by atoms with Gasteiger partial charge in [-0.2, -0.15) is 4.98 Å². The number of ether oxygens (including phenoxy) is 1. The quantitative estimate of drug-likeness (QED) is 0.839. The van der Waals surface area contributed by atoms with Crippen molar-refractivity contribution >= 4 is 11.9 Å². The highest BCUT2D eigenvalue weighted by molar-refractivity contribution is 5.92. The minimum Gasteiger partial charge on any atom is -0.449 e. The zero-order valence-corrected chi connectivity index (χ0v) is 14.3. The molecule has 1 aromatic heterocycles. The number of carbonyl (C=O) groups is 2. The maximum atomic E-state index is 12.2. The molecule has 0 bridgehead atoms. The molecule has 0 spiro atoms. The minimum atomic E-state index is -0.827. The number of benzene rings is 1. The lowest BCUT2D eigenvalue weighted by Gasteiger charge is -2.17. The Morgan fingerprint density at radius 3 is 2.52 bits per heavy atom. The van der Waals surface area contributed by atoms with Crippen LogP contribution in [0.3, 0.4) is 0 Å². The van der Waals surface area contributed by atoms with E-state index >= 15 is 0 Å². The second-order valence-electron chi connectivity index (χ2n) is 6.26. The average Bonchev–Trinajstić information content (AvgIpc) is 3.26. The van der Waals surface area contributed by atoms with Gasteiger partial charge in [-0.05, 0) is 51.0 Å². The zero-order chi connectivity index (χ0) is 17.8. The molecule has 3 rings (SSSR count). The monoisotopic (exact) mass is 343 g/mol. The van der Waals surface area contributed by atoms with Gasteiger partial charge in [-0.3, -0.25) is 4.79 Å². The number of esters is 1. The van der Waals surface area contributed by atoms with Crippen molar-refractivity contribution in [3.05, 3.63) is 35.7 Å². The van der Waals surface area contributed by atoms with E-state index in [1.165, 1.54) is 0 Å². The normalized spacial score (nSPS) is 15.8. The number of hydrogen-bond acceptors (Lipinski definition) is 6. The van der Waals surface area contributed by atoms with Crippen molar-refractivity contribution in [3.63, 3.8) is 0 Å². The van der Waals surface area contributed by atoms with E-state index in [0.29, 0.717) is 22.8 Å². The summed E-state index contributed by atoms with van der Waals surface area (Å²) >= 11 is 0. The Kier molecular flexibility index (Phi) is 5.11. The van der Waals surface area contributed by atoms with Crippen LogP contribution in [-0.4, -0.2) is 34.2 Å². The highest BCUT2D eigenvalue weighted by Gasteiger charge is 2.23. The van der Waals surface area contributed by atoms with Crippen LogP contribution < -0.4 is 5.32 Å². The minimum absolute atomic E-state index is 0.200. The summed E-state index contributed by atoms with van der Waals surface area (Å²) in [5.74, 6) is 0.142. The first-order chi connectivity index (χ1) is 12.0. The third-order valence-corrected chi connectivity index (χ3v) is 4.25. The van der Waals surface area contributed by atoms with Crippen molar-refractivity contribution < 1.29 is 18.8 Å². The van der Waals surface area contributed by atoms with Gasteiger partial charge in [0.2, 0.25) is 0 Å². The molecule has 1 saturated carbocycles. The van der Waals surface area contributed by atoms with Crippen LogP contribution in [0.1, 0.15) is 48.8 Å². The van der Waals surface area contributed by atoms with Gasteiger partial charge in [0.15, 0.2) is 11.9 Å². The molecule has 0 radical (unpaired) electrons. The molecule has 1 atom stereocenters. The summed E-state index contributed by atoms with van der Waals surface area (Å²) < 4.78 is 10.3. The molecular formula is C18H21N3O4. The summed E-state index contributed by atoms with van der Waals surface area (Å²) in [7, 11) is 0. The Morgan fingerprint density at radius 1 is 1.24 bits per heavy atom. The molecule has 0 unspecified atom stereocenters. The molecule has 1 fully saturated rings. The topological polar surface area (TPSA) is 94.3 Å². The summed E-state index contributed by atoms with van der Waals surface area (Å²) in [6.07, 6.45) is 3.41. The molecule has 1 aromatic carbocycles. The summed E-state index contributed by atoms with van der Waals surface area (Å²) in [5, 5.41) is 6.65. The van der Waals surface area contributed by atoms with E-state index in [1.807, 2.05) is 0 Å². The van der Waals surface area contributed by atoms with Crippen molar-refractivity contribution in [3.8, 4) is 11.5 Å². The lowest BCUT2D eigenvalue weighted by molar-refractivity contribution is -0.129. The van der Waals surface area contributed by atoms with E-state index in [9.17, 15) is 9.59 Å². The highest BCUT2D eigenvalue weighted by atomic mass is 16.5. The van der Waals surface area contributed by atoms with Gasteiger partial charge in [-0.25, -0.2) is 4.79 Å². The third-order valence-electron chi connectivity index (χ3n) is 4.25. The SMILES string of the molecule is Cc1noc(-c2ccc(C(=O)O[C@@H](C)C(=O)NC3CCCC3)cc2)n1. The van der Waals surface area contributed by atoms with Gasteiger partial charge in [-0.15, -0.1) is 0 Å². The summed E-state index contributed by atoms with van der Waals surface area (Å²) in [6, 6.07) is 6.82. The number of carbonyl (C=O) groups excluding carboxylic acids is 2. The van der Waals surface area contributed by atoms with E-state index in [1.54, 1.807) is 38.1 Å². The molecule has 132 valence electrons. The van der Waals surface area contributed by atoms with Crippen LogP contribution in [0.5, 0.6) is 0 Å². The van der Waals surface area contributed by atoms with Crippen LogP contribution in [0.4, 0.5) is 0 Å². The predicted octanol–water partition coefficient (Wildman–Crippen LogP) is 2.65. The second kappa shape index (κ2) is 7.46. The van der Waals surface area contributed by atoms with Gasteiger partial charge in [0.1, 0.15) is 0 Å². The van der Waals surface area contributed by atoms with E-state index in [4.69, 9.17) is 9.26 Å². The molecular weight excluding hydrogens is 322 g/mol. The van der Waals surface area contributed by atoms with Crippen molar-refractivity contribution in [1.29, 1.82) is 0 Å². The number of rotatable bonds is 5. The maximum Gasteiger partial charge on any atom is 0.338 e. The van der Waals surface area contributed by atoms with E-state index in [0.717, 1.165) is 25.7 Å². The van der Waals surface area contributed by atoms with Crippen LogP contribution in [0.25, 0.3) is 11.5 Å². The fourth-order valence-corrected chi connectivity index (χ4v) is 2.83. The van der Waals surface area contributed by atoms with E-state index < -0.39 is 12.1 Å². The number of nitrogens with one attached hydrogen (secondary N) is 1. The van der Waals surface area contributed by atoms with Gasteiger partial charge < -0.3 is 14.6 Å². The summed E-state index contributed by atoms with van der Waals surface area (Å²) in [4.78, 5) is 28.4. The Labute approximate surface area is 145 Å². The Hall–Kier alpha value is -2.70. The molecule has 1 amide bonds. The van der Waals surface area contributed by atoms with Gasteiger partial charge in [0.05, 0.1) is 5.56 Å². The highest BCUT2D eigenvalue weighted by Crippen LogP contribution is 2.19. The number of hydrogen-bond donors (Lipinski definition) is 1. The predicted molar refractivity (Wildman–Crippen MR) is 89.7 cm³/mol. The Balaban J connectivity index is 1.57. The van der Waals surface area contributed by atoms with Gasteiger partial charge in [-0.1, -0.05) is 18.0 Å². The lowest BCUT2D eigenvalue weighted by Crippen LogP contribution is -2.40. The molecule has 7 nitrogen and oxygen atoms in total. The molecule has 1 heterocycles. The van der Waals surface area contributed by atoms with Crippen LogP contribution >= 0.6 is 0 Å². The summed E-state index contributed by atoms with van der Waals surface area (Å²) in [6.45, 7) is 3.31. The number of aromatic nitrogens is 2. The molecule has 1 N–H and O–H groups in total. The maximum absolute atomic E-state index is 12.2. The molecule has 2 aromatic rings. The standard InChI is InChI=1S/C18H21N3O4/c1-11(16(22)20-15-5-3-4-6-15)24-18(23)14-9-7-13(8-10-14)17-19-12(2)21-25-17/h7-11,15H,3-6H2,1-2H3,(H,20,22)/t11-/m0/s1. The molecule has 1 aliphatic rings.